The van der Waals surface area contributed by atoms with Gasteiger partial charge in [-0.3, -0.25) is 0 Å². The van der Waals surface area contributed by atoms with Gasteiger partial charge in [0.1, 0.15) is 16.4 Å². The topological polar surface area (TPSA) is 55.8 Å². The first-order valence-corrected chi connectivity index (χ1v) is 11.1. The van der Waals surface area contributed by atoms with E-state index in [1.54, 1.807) is 29.6 Å². The van der Waals surface area contributed by atoms with Gasteiger partial charge in [-0.2, -0.15) is 4.31 Å². The van der Waals surface area contributed by atoms with E-state index in [1.165, 1.54) is 12.8 Å². The van der Waals surface area contributed by atoms with Crippen LogP contribution in [-0.4, -0.2) is 39.0 Å². The highest BCUT2D eigenvalue weighted by atomic mass is 32.2. The predicted molar refractivity (Wildman–Crippen MR) is 104 cm³/mol. The number of nitrogens with zero attached hydrogens (tertiary/aromatic N) is 1. The number of benzene rings is 1. The van der Waals surface area contributed by atoms with Crippen LogP contribution >= 0.6 is 0 Å². The van der Waals surface area contributed by atoms with E-state index in [-0.39, 0.29) is 10.9 Å². The first-order valence-electron chi connectivity index (χ1n) is 9.69. The lowest BCUT2D eigenvalue weighted by Gasteiger charge is -2.29. The first-order chi connectivity index (χ1) is 12.4. The van der Waals surface area contributed by atoms with Gasteiger partial charge in [-0.25, -0.2) is 8.42 Å². The summed E-state index contributed by atoms with van der Waals surface area (Å²) in [5.74, 6) is 1.32. The van der Waals surface area contributed by atoms with Crippen molar-refractivity contribution in [3.63, 3.8) is 0 Å². The zero-order chi connectivity index (χ0) is 19.2. The van der Waals surface area contributed by atoms with Crippen molar-refractivity contribution in [3.8, 4) is 11.5 Å². The molecule has 0 unspecified atom stereocenters. The summed E-state index contributed by atoms with van der Waals surface area (Å²) in [6.45, 7) is 7.05. The van der Waals surface area contributed by atoms with Crippen molar-refractivity contribution >= 4 is 10.0 Å². The van der Waals surface area contributed by atoms with Gasteiger partial charge in [0.15, 0.2) is 0 Å². The van der Waals surface area contributed by atoms with Crippen molar-refractivity contribution in [2.75, 3.05) is 20.3 Å². The summed E-state index contributed by atoms with van der Waals surface area (Å²) in [4.78, 5) is 0.233. The van der Waals surface area contributed by atoms with Crippen molar-refractivity contribution in [1.82, 2.24) is 4.31 Å². The number of ether oxygens (including phenoxy) is 2. The largest absolute Gasteiger partial charge is 0.497 e. The van der Waals surface area contributed by atoms with E-state index in [4.69, 9.17) is 9.47 Å². The van der Waals surface area contributed by atoms with Gasteiger partial charge in [0.25, 0.3) is 0 Å². The number of fused-ring (bicyclic) bond motifs is 1. The Hall–Kier alpha value is -1.27. The third-order valence-electron chi connectivity index (χ3n) is 4.90. The molecule has 26 heavy (non-hydrogen) atoms. The van der Waals surface area contributed by atoms with E-state index in [9.17, 15) is 8.42 Å². The maximum atomic E-state index is 13.4. The van der Waals surface area contributed by atoms with Crippen LogP contribution in [0.15, 0.2) is 23.1 Å². The predicted octanol–water partition coefficient (Wildman–Crippen LogP) is 4.46. The summed E-state index contributed by atoms with van der Waals surface area (Å²) in [5.41, 5.74) is 0. The second-order valence-electron chi connectivity index (χ2n) is 7.49. The molecule has 1 aliphatic heterocycles. The monoisotopic (exact) mass is 383 g/mol. The summed E-state index contributed by atoms with van der Waals surface area (Å²) in [6.07, 6.45) is 6.65. The molecule has 0 saturated heterocycles. The molecule has 0 aromatic heterocycles. The number of rotatable bonds is 2. The van der Waals surface area contributed by atoms with Crippen LogP contribution in [0.4, 0.5) is 0 Å². The molecular formula is C20H33NO4S. The smallest absolute Gasteiger partial charge is 0.247 e. The van der Waals surface area contributed by atoms with Crippen molar-refractivity contribution in [2.45, 2.75) is 70.2 Å². The zero-order valence-corrected chi connectivity index (χ0v) is 17.3. The lowest BCUT2D eigenvalue weighted by atomic mass is 10.0. The van der Waals surface area contributed by atoms with Gasteiger partial charge in [0.2, 0.25) is 10.0 Å². The molecule has 0 N–H and O–H groups in total. The van der Waals surface area contributed by atoms with Crippen LogP contribution in [0.25, 0.3) is 0 Å². The average Bonchev–Trinajstić information content (AvgIpc) is 2.60. The van der Waals surface area contributed by atoms with Crippen molar-refractivity contribution in [1.29, 1.82) is 0 Å². The SMILES string of the molecule is COc1ccc2c(c1)OCCCCCCC[C@@H](C)CN(C(C)C)S2(=O)=O. The molecule has 0 fully saturated rings. The molecule has 6 heteroatoms. The molecule has 0 amide bonds. The fraction of sp³-hybridized carbons (Fsp3) is 0.700. The number of sulfonamides is 1. The summed E-state index contributed by atoms with van der Waals surface area (Å²) in [5, 5.41) is 0. The molecule has 0 saturated carbocycles. The molecule has 0 aliphatic carbocycles. The normalized spacial score (nSPS) is 22.9. The zero-order valence-electron chi connectivity index (χ0n) is 16.5. The number of hydrogen-bond donors (Lipinski definition) is 0. The number of hydrogen-bond acceptors (Lipinski definition) is 4. The molecule has 1 heterocycles. The van der Waals surface area contributed by atoms with Crippen LogP contribution in [-0.2, 0) is 10.0 Å². The molecule has 1 aromatic carbocycles. The Kier molecular flexibility index (Phi) is 7.77. The lowest BCUT2D eigenvalue weighted by molar-refractivity contribution is 0.278. The molecule has 1 aromatic rings. The molecular weight excluding hydrogens is 350 g/mol. The van der Waals surface area contributed by atoms with Crippen LogP contribution < -0.4 is 9.47 Å². The Labute approximate surface area is 158 Å². The van der Waals surface area contributed by atoms with Gasteiger partial charge < -0.3 is 9.47 Å². The van der Waals surface area contributed by atoms with Crippen molar-refractivity contribution in [2.24, 2.45) is 5.92 Å². The molecule has 5 nitrogen and oxygen atoms in total. The van der Waals surface area contributed by atoms with E-state index >= 15 is 0 Å². The highest BCUT2D eigenvalue weighted by molar-refractivity contribution is 7.89. The van der Waals surface area contributed by atoms with Gasteiger partial charge in [0, 0.05) is 18.7 Å². The minimum absolute atomic E-state index is 0.106. The molecule has 1 aliphatic rings. The Balaban J connectivity index is 2.43. The van der Waals surface area contributed by atoms with Crippen LogP contribution in [0.2, 0.25) is 0 Å². The summed E-state index contributed by atoms with van der Waals surface area (Å²) in [7, 11) is -2.06. The Morgan fingerprint density at radius 3 is 2.54 bits per heavy atom. The molecule has 0 spiro atoms. The number of methoxy groups -OCH3 is 1. The van der Waals surface area contributed by atoms with E-state index in [0.717, 1.165) is 25.7 Å². The third-order valence-corrected chi connectivity index (χ3v) is 6.99. The molecule has 148 valence electrons. The Morgan fingerprint density at radius 2 is 1.85 bits per heavy atom. The van der Waals surface area contributed by atoms with Crippen LogP contribution in [0.5, 0.6) is 11.5 Å². The van der Waals surface area contributed by atoms with Crippen molar-refractivity contribution < 1.29 is 17.9 Å². The molecule has 2 rings (SSSR count). The van der Waals surface area contributed by atoms with Gasteiger partial charge >= 0.3 is 0 Å². The van der Waals surface area contributed by atoms with E-state index in [1.807, 2.05) is 13.8 Å². The average molecular weight is 384 g/mol. The second-order valence-corrected chi connectivity index (χ2v) is 9.35. The molecule has 1 atom stereocenters. The van der Waals surface area contributed by atoms with E-state index in [0.29, 0.717) is 30.6 Å². The van der Waals surface area contributed by atoms with Gasteiger partial charge in [-0.1, -0.05) is 32.6 Å². The first kappa shape index (κ1) is 21.0. The summed E-state index contributed by atoms with van der Waals surface area (Å²) >= 11 is 0. The van der Waals surface area contributed by atoms with Gasteiger partial charge in [-0.15, -0.1) is 0 Å². The Morgan fingerprint density at radius 1 is 1.15 bits per heavy atom. The summed E-state index contributed by atoms with van der Waals surface area (Å²) in [6, 6.07) is 4.87. The molecule has 0 bridgehead atoms. The van der Waals surface area contributed by atoms with E-state index in [2.05, 4.69) is 6.92 Å². The quantitative estimate of drug-likeness (QED) is 0.756. The van der Waals surface area contributed by atoms with E-state index < -0.39 is 10.0 Å². The highest BCUT2D eigenvalue weighted by Gasteiger charge is 2.31. The van der Waals surface area contributed by atoms with Crippen LogP contribution in [0, 0.1) is 5.92 Å². The highest BCUT2D eigenvalue weighted by Crippen LogP contribution is 2.32. The summed E-state index contributed by atoms with van der Waals surface area (Å²) < 4.78 is 39.5. The van der Waals surface area contributed by atoms with Crippen LogP contribution in [0.3, 0.4) is 0 Å². The fourth-order valence-electron chi connectivity index (χ4n) is 3.36. The van der Waals surface area contributed by atoms with Crippen molar-refractivity contribution in [3.05, 3.63) is 18.2 Å². The van der Waals surface area contributed by atoms with Gasteiger partial charge in [0.05, 0.1) is 13.7 Å². The maximum absolute atomic E-state index is 13.4. The molecule has 0 radical (unpaired) electrons. The maximum Gasteiger partial charge on any atom is 0.247 e. The van der Waals surface area contributed by atoms with Crippen LogP contribution in [0.1, 0.15) is 59.3 Å². The lowest BCUT2D eigenvalue weighted by Crippen LogP contribution is -2.40. The standard InChI is InChI=1S/C20H33NO4S/c1-16(2)21-15-17(3)10-8-6-5-7-9-13-25-19-14-18(24-4)11-12-20(19)26(21,22)23/h11-12,14,16-17H,5-10,13,15H2,1-4H3/t17-/m1/s1. The van der Waals surface area contributed by atoms with Gasteiger partial charge in [-0.05, 0) is 44.7 Å². The minimum Gasteiger partial charge on any atom is -0.497 e. The Bertz CT molecular complexity index is 672. The third kappa shape index (κ3) is 5.36. The minimum atomic E-state index is -3.64. The fourth-order valence-corrected chi connectivity index (χ4v) is 5.23. The second kappa shape index (κ2) is 9.60.